The molecule has 0 aromatic carbocycles. The van der Waals surface area contributed by atoms with E-state index in [4.69, 9.17) is 28.9 Å². The number of nitrogens with two attached hydrogens (primary N) is 1. The van der Waals surface area contributed by atoms with Crippen LogP contribution in [0.2, 0.25) is 10.0 Å². The lowest BCUT2D eigenvalue weighted by Gasteiger charge is -2.30. The van der Waals surface area contributed by atoms with Crippen LogP contribution in [0.4, 0.5) is 11.6 Å². The molecule has 0 bridgehead atoms. The van der Waals surface area contributed by atoms with E-state index in [9.17, 15) is 0 Å². The Kier molecular flexibility index (Phi) is 6.03. The molecule has 0 radical (unpaired) electrons. The molecule has 18 heavy (non-hydrogen) atoms. The summed E-state index contributed by atoms with van der Waals surface area (Å²) >= 11 is 12.1. The highest BCUT2D eigenvalue weighted by molar-refractivity contribution is 6.37. The molecule has 102 valence electrons. The SMILES string of the molecule is CCCCN(c1nc(N)c(Cl)cc1Cl)C(C)CC. The average Bonchev–Trinajstić information content (AvgIpc) is 2.35. The molecular formula is C13H21Cl2N3. The zero-order valence-electron chi connectivity index (χ0n) is 11.2. The van der Waals surface area contributed by atoms with Gasteiger partial charge in [-0.3, -0.25) is 0 Å². The van der Waals surface area contributed by atoms with Crippen LogP contribution in [0.3, 0.4) is 0 Å². The summed E-state index contributed by atoms with van der Waals surface area (Å²) in [6, 6.07) is 2.05. The van der Waals surface area contributed by atoms with Crippen molar-refractivity contribution in [1.29, 1.82) is 0 Å². The van der Waals surface area contributed by atoms with Gasteiger partial charge in [-0.1, -0.05) is 43.5 Å². The highest BCUT2D eigenvalue weighted by atomic mass is 35.5. The molecule has 0 amide bonds. The fourth-order valence-corrected chi connectivity index (χ4v) is 2.22. The number of nitrogen functional groups attached to an aromatic ring is 1. The second-order valence-electron chi connectivity index (χ2n) is 4.47. The first-order valence-corrected chi connectivity index (χ1v) is 7.14. The van der Waals surface area contributed by atoms with Gasteiger partial charge in [0.15, 0.2) is 0 Å². The van der Waals surface area contributed by atoms with E-state index >= 15 is 0 Å². The van der Waals surface area contributed by atoms with Crippen molar-refractivity contribution >= 4 is 34.8 Å². The van der Waals surface area contributed by atoms with Crippen LogP contribution < -0.4 is 10.6 Å². The second-order valence-corrected chi connectivity index (χ2v) is 5.28. The minimum Gasteiger partial charge on any atom is -0.382 e. The zero-order chi connectivity index (χ0) is 13.7. The Labute approximate surface area is 119 Å². The summed E-state index contributed by atoms with van der Waals surface area (Å²) in [5.41, 5.74) is 5.77. The Hall–Kier alpha value is -0.670. The number of unbranched alkanes of at least 4 members (excludes halogenated alkanes) is 1. The van der Waals surface area contributed by atoms with Crippen LogP contribution in [0.15, 0.2) is 6.07 Å². The van der Waals surface area contributed by atoms with Crippen LogP contribution in [0.25, 0.3) is 0 Å². The number of aromatic nitrogens is 1. The van der Waals surface area contributed by atoms with Crippen molar-refractivity contribution in [3.05, 3.63) is 16.1 Å². The first kappa shape index (κ1) is 15.4. The molecule has 1 aromatic heterocycles. The first-order valence-electron chi connectivity index (χ1n) is 6.39. The summed E-state index contributed by atoms with van der Waals surface area (Å²) in [7, 11) is 0. The predicted molar refractivity (Wildman–Crippen MR) is 80.7 cm³/mol. The third-order valence-corrected chi connectivity index (χ3v) is 3.67. The normalized spacial score (nSPS) is 12.5. The van der Waals surface area contributed by atoms with Crippen LogP contribution in [-0.4, -0.2) is 17.6 Å². The minimum atomic E-state index is 0.334. The Morgan fingerprint density at radius 1 is 1.33 bits per heavy atom. The number of halogens is 2. The standard InChI is InChI=1S/C13H21Cl2N3/c1-4-6-7-18(9(3)5-2)13-11(15)8-10(14)12(16)17-13/h8-9H,4-7H2,1-3H3,(H2,16,17). The number of rotatable bonds is 6. The summed E-state index contributed by atoms with van der Waals surface area (Å²) in [6.45, 7) is 7.41. The van der Waals surface area contributed by atoms with Crippen molar-refractivity contribution in [3.63, 3.8) is 0 Å². The summed E-state index contributed by atoms with van der Waals surface area (Å²) in [4.78, 5) is 6.54. The molecule has 0 aliphatic rings. The number of hydrogen-bond acceptors (Lipinski definition) is 3. The van der Waals surface area contributed by atoms with E-state index in [1.54, 1.807) is 6.07 Å². The molecular weight excluding hydrogens is 269 g/mol. The van der Waals surface area contributed by atoms with Crippen molar-refractivity contribution in [2.24, 2.45) is 0 Å². The quantitative estimate of drug-likeness (QED) is 0.845. The number of nitrogens with zero attached hydrogens (tertiary/aromatic N) is 2. The van der Waals surface area contributed by atoms with Crippen LogP contribution in [0, 0.1) is 0 Å². The third kappa shape index (κ3) is 3.66. The minimum absolute atomic E-state index is 0.334. The van der Waals surface area contributed by atoms with Crippen molar-refractivity contribution in [1.82, 2.24) is 4.98 Å². The lowest BCUT2D eigenvalue weighted by Crippen LogP contribution is -2.34. The largest absolute Gasteiger partial charge is 0.382 e. The summed E-state index contributed by atoms with van der Waals surface area (Å²) < 4.78 is 0. The maximum atomic E-state index is 6.23. The maximum absolute atomic E-state index is 6.23. The molecule has 0 spiro atoms. The van der Waals surface area contributed by atoms with E-state index in [0.717, 1.165) is 31.6 Å². The summed E-state index contributed by atoms with van der Waals surface area (Å²) in [5.74, 6) is 1.07. The average molecular weight is 290 g/mol. The smallest absolute Gasteiger partial charge is 0.150 e. The lowest BCUT2D eigenvalue weighted by molar-refractivity contribution is 0.590. The molecule has 1 atom stereocenters. The molecule has 1 unspecified atom stereocenters. The van der Waals surface area contributed by atoms with Gasteiger partial charge in [-0.05, 0) is 25.8 Å². The summed E-state index contributed by atoms with van der Waals surface area (Å²) in [5, 5.41) is 0.967. The Morgan fingerprint density at radius 2 is 2.00 bits per heavy atom. The van der Waals surface area contributed by atoms with Gasteiger partial charge in [0, 0.05) is 12.6 Å². The van der Waals surface area contributed by atoms with E-state index in [1.807, 2.05) is 0 Å². The molecule has 2 N–H and O–H groups in total. The van der Waals surface area contributed by atoms with Crippen molar-refractivity contribution in [2.45, 2.75) is 46.1 Å². The molecule has 0 aliphatic heterocycles. The molecule has 0 fully saturated rings. The van der Waals surface area contributed by atoms with Crippen molar-refractivity contribution < 1.29 is 0 Å². The fraction of sp³-hybridized carbons (Fsp3) is 0.615. The number of pyridine rings is 1. The predicted octanol–water partition coefficient (Wildman–Crippen LogP) is 4.38. The maximum Gasteiger partial charge on any atom is 0.150 e. The monoisotopic (exact) mass is 289 g/mol. The van der Waals surface area contributed by atoms with E-state index in [0.29, 0.717) is 21.9 Å². The van der Waals surface area contributed by atoms with Crippen molar-refractivity contribution in [2.75, 3.05) is 17.2 Å². The highest BCUT2D eigenvalue weighted by Gasteiger charge is 2.18. The molecule has 0 aliphatic carbocycles. The van der Waals surface area contributed by atoms with Crippen LogP contribution in [-0.2, 0) is 0 Å². The van der Waals surface area contributed by atoms with Gasteiger partial charge in [0.05, 0.1) is 10.0 Å². The summed E-state index contributed by atoms with van der Waals surface area (Å²) in [6.07, 6.45) is 3.27. The Balaban J connectivity index is 3.07. The van der Waals surface area contributed by atoms with Gasteiger partial charge in [0.25, 0.3) is 0 Å². The van der Waals surface area contributed by atoms with Gasteiger partial charge in [-0.2, -0.15) is 0 Å². The van der Waals surface area contributed by atoms with E-state index in [1.165, 1.54) is 0 Å². The highest BCUT2D eigenvalue weighted by Crippen LogP contribution is 2.31. The molecule has 5 heteroatoms. The fourth-order valence-electron chi connectivity index (χ4n) is 1.76. The van der Waals surface area contributed by atoms with Gasteiger partial charge in [-0.15, -0.1) is 0 Å². The van der Waals surface area contributed by atoms with Crippen LogP contribution in [0.1, 0.15) is 40.0 Å². The molecule has 3 nitrogen and oxygen atoms in total. The third-order valence-electron chi connectivity index (χ3n) is 3.09. The van der Waals surface area contributed by atoms with Crippen LogP contribution >= 0.6 is 23.2 Å². The Morgan fingerprint density at radius 3 is 2.56 bits per heavy atom. The van der Waals surface area contributed by atoms with Gasteiger partial charge in [-0.25, -0.2) is 4.98 Å². The van der Waals surface area contributed by atoms with E-state index < -0.39 is 0 Å². The zero-order valence-corrected chi connectivity index (χ0v) is 12.7. The first-order chi connectivity index (χ1) is 8.51. The number of anilines is 2. The lowest BCUT2D eigenvalue weighted by atomic mass is 10.2. The molecule has 1 heterocycles. The van der Waals surface area contributed by atoms with E-state index in [2.05, 4.69) is 30.7 Å². The van der Waals surface area contributed by atoms with Gasteiger partial charge < -0.3 is 10.6 Å². The van der Waals surface area contributed by atoms with Gasteiger partial charge in [0.2, 0.25) is 0 Å². The van der Waals surface area contributed by atoms with Gasteiger partial charge in [0.1, 0.15) is 11.6 Å². The molecule has 1 aromatic rings. The number of hydrogen-bond donors (Lipinski definition) is 1. The van der Waals surface area contributed by atoms with Crippen molar-refractivity contribution in [3.8, 4) is 0 Å². The van der Waals surface area contributed by atoms with E-state index in [-0.39, 0.29) is 0 Å². The molecule has 1 rings (SSSR count). The molecule has 0 saturated heterocycles. The second kappa shape index (κ2) is 7.05. The topological polar surface area (TPSA) is 42.2 Å². The Bertz CT molecular complexity index is 396. The van der Waals surface area contributed by atoms with Crippen LogP contribution in [0.5, 0.6) is 0 Å². The molecule has 0 saturated carbocycles. The van der Waals surface area contributed by atoms with Gasteiger partial charge >= 0.3 is 0 Å².